The summed E-state index contributed by atoms with van der Waals surface area (Å²) in [5, 5.41) is 14.0. The lowest BCUT2D eigenvalue weighted by atomic mass is 10.2. The molecule has 0 atom stereocenters. The highest BCUT2D eigenvalue weighted by Crippen LogP contribution is 2.28. The first kappa shape index (κ1) is 14.3. The molecule has 0 aliphatic carbocycles. The fraction of sp³-hybridized carbons (Fsp3) is 0.500. The Bertz CT molecular complexity index is 325. The molecule has 0 aromatic carbocycles. The number of hydrogen-bond acceptors (Lipinski definition) is 3. The molecule has 0 saturated carbocycles. The number of halogens is 1. The summed E-state index contributed by atoms with van der Waals surface area (Å²) in [7, 11) is 0. The van der Waals surface area contributed by atoms with Crippen LogP contribution in [0, 0.1) is 0 Å². The molecule has 0 saturated heterocycles. The van der Waals surface area contributed by atoms with Gasteiger partial charge in [-0.05, 0) is 23.8 Å². The van der Waals surface area contributed by atoms with Crippen molar-refractivity contribution < 1.29 is 9.90 Å². The molecule has 1 aromatic rings. The lowest BCUT2D eigenvalue weighted by Crippen LogP contribution is -2.05. The molecule has 0 unspecified atom stereocenters. The van der Waals surface area contributed by atoms with Crippen LogP contribution in [-0.2, 0) is 6.42 Å². The highest BCUT2D eigenvalue weighted by molar-refractivity contribution is 7.12. The van der Waals surface area contributed by atoms with Crippen molar-refractivity contribution in [2.75, 3.05) is 11.9 Å². The molecule has 0 fully saturated rings. The van der Waals surface area contributed by atoms with Crippen LogP contribution in [0.3, 0.4) is 0 Å². The van der Waals surface area contributed by atoms with Crippen molar-refractivity contribution in [3.63, 3.8) is 0 Å². The van der Waals surface area contributed by atoms with Crippen molar-refractivity contribution in [3.8, 4) is 0 Å². The summed E-state index contributed by atoms with van der Waals surface area (Å²) < 4.78 is 0. The number of carboxylic acid groups (broad SMARTS) is 1. The summed E-state index contributed by atoms with van der Waals surface area (Å²) in [6.07, 6.45) is 1.87. The fourth-order valence-electron chi connectivity index (χ4n) is 1.25. The Labute approximate surface area is 99.9 Å². The molecule has 15 heavy (non-hydrogen) atoms. The third kappa shape index (κ3) is 3.39. The number of anilines is 1. The predicted octanol–water partition coefficient (Wildman–Crippen LogP) is 3.25. The monoisotopic (exact) mass is 249 g/mol. The Balaban J connectivity index is 0.00000196. The van der Waals surface area contributed by atoms with Gasteiger partial charge in [-0.2, -0.15) is 0 Å². The molecule has 0 amide bonds. The first-order chi connectivity index (χ1) is 6.70. The summed E-state index contributed by atoms with van der Waals surface area (Å²) in [5.41, 5.74) is 1.91. The van der Waals surface area contributed by atoms with Crippen LogP contribution in [-0.4, -0.2) is 17.6 Å². The number of rotatable bonds is 5. The second-order valence-electron chi connectivity index (χ2n) is 3.05. The molecule has 5 heteroatoms. The van der Waals surface area contributed by atoms with Crippen LogP contribution in [0.4, 0.5) is 5.69 Å². The van der Waals surface area contributed by atoms with Gasteiger partial charge in [0.15, 0.2) is 0 Å². The third-order valence-corrected chi connectivity index (χ3v) is 3.01. The first-order valence-corrected chi connectivity index (χ1v) is 5.66. The number of nitrogens with one attached hydrogen (secondary N) is 1. The molecule has 1 aromatic heterocycles. The van der Waals surface area contributed by atoms with Gasteiger partial charge in [0.1, 0.15) is 4.88 Å². The SMILES string of the molecule is CCCNc1c(CC)csc1C(=O)O.Cl. The summed E-state index contributed by atoms with van der Waals surface area (Å²) in [5.74, 6) is -0.840. The molecule has 0 radical (unpaired) electrons. The van der Waals surface area contributed by atoms with Gasteiger partial charge in [-0.3, -0.25) is 0 Å². The second-order valence-corrected chi connectivity index (χ2v) is 3.93. The van der Waals surface area contributed by atoms with Gasteiger partial charge in [0.2, 0.25) is 0 Å². The summed E-state index contributed by atoms with van der Waals surface area (Å²) >= 11 is 1.30. The lowest BCUT2D eigenvalue weighted by molar-refractivity contribution is 0.0703. The van der Waals surface area contributed by atoms with Crippen LogP contribution in [0.25, 0.3) is 0 Å². The van der Waals surface area contributed by atoms with E-state index in [-0.39, 0.29) is 12.4 Å². The van der Waals surface area contributed by atoms with Crippen LogP contribution >= 0.6 is 23.7 Å². The molecule has 86 valence electrons. The van der Waals surface area contributed by atoms with Gasteiger partial charge in [0.05, 0.1) is 5.69 Å². The highest BCUT2D eigenvalue weighted by Gasteiger charge is 2.15. The number of carboxylic acids is 1. The number of hydrogen-bond donors (Lipinski definition) is 2. The van der Waals surface area contributed by atoms with Gasteiger partial charge in [-0.25, -0.2) is 4.79 Å². The Morgan fingerprint density at radius 1 is 1.53 bits per heavy atom. The molecular weight excluding hydrogens is 234 g/mol. The minimum Gasteiger partial charge on any atom is -0.477 e. The van der Waals surface area contributed by atoms with Gasteiger partial charge in [0.25, 0.3) is 0 Å². The maximum absolute atomic E-state index is 10.9. The van der Waals surface area contributed by atoms with Crippen LogP contribution in [0.15, 0.2) is 5.38 Å². The van der Waals surface area contributed by atoms with Crippen LogP contribution in [0.5, 0.6) is 0 Å². The Morgan fingerprint density at radius 3 is 2.67 bits per heavy atom. The quantitative estimate of drug-likeness (QED) is 0.842. The van der Waals surface area contributed by atoms with Gasteiger partial charge < -0.3 is 10.4 Å². The smallest absolute Gasteiger partial charge is 0.348 e. The molecule has 2 N–H and O–H groups in total. The summed E-state index contributed by atoms with van der Waals surface area (Å²) in [6.45, 7) is 4.92. The normalized spacial score (nSPS) is 9.47. The second kappa shape index (κ2) is 6.69. The van der Waals surface area contributed by atoms with E-state index < -0.39 is 5.97 Å². The van der Waals surface area contributed by atoms with E-state index in [1.165, 1.54) is 11.3 Å². The number of aryl methyl sites for hydroxylation is 1. The van der Waals surface area contributed by atoms with Gasteiger partial charge in [-0.1, -0.05) is 13.8 Å². The zero-order valence-corrected chi connectivity index (χ0v) is 10.5. The van der Waals surface area contributed by atoms with Crippen LogP contribution < -0.4 is 5.32 Å². The number of aromatic carboxylic acids is 1. The van der Waals surface area contributed by atoms with Crippen LogP contribution in [0.2, 0.25) is 0 Å². The average Bonchev–Trinajstić information content (AvgIpc) is 2.57. The topological polar surface area (TPSA) is 49.3 Å². The van der Waals surface area contributed by atoms with E-state index in [9.17, 15) is 4.79 Å². The van der Waals surface area contributed by atoms with E-state index >= 15 is 0 Å². The van der Waals surface area contributed by atoms with Crippen molar-refractivity contribution >= 4 is 35.4 Å². The van der Waals surface area contributed by atoms with Crippen molar-refractivity contribution in [1.29, 1.82) is 0 Å². The molecule has 3 nitrogen and oxygen atoms in total. The summed E-state index contributed by atoms with van der Waals surface area (Å²) in [6, 6.07) is 0. The molecule has 0 bridgehead atoms. The minimum atomic E-state index is -0.840. The van der Waals surface area contributed by atoms with E-state index in [0.717, 1.165) is 30.6 Å². The maximum atomic E-state index is 10.9. The zero-order valence-electron chi connectivity index (χ0n) is 8.87. The Kier molecular flexibility index (Phi) is 6.36. The van der Waals surface area contributed by atoms with E-state index in [2.05, 4.69) is 12.2 Å². The third-order valence-electron chi connectivity index (χ3n) is 1.99. The lowest BCUT2D eigenvalue weighted by Gasteiger charge is -2.06. The predicted molar refractivity (Wildman–Crippen MR) is 66.7 cm³/mol. The fourth-order valence-corrected chi connectivity index (χ4v) is 2.22. The molecule has 0 aliphatic heterocycles. The van der Waals surface area contributed by atoms with Crippen molar-refractivity contribution in [2.24, 2.45) is 0 Å². The molecule has 0 aliphatic rings. The molecule has 1 heterocycles. The highest BCUT2D eigenvalue weighted by atomic mass is 35.5. The average molecular weight is 250 g/mol. The van der Waals surface area contributed by atoms with E-state index in [4.69, 9.17) is 5.11 Å². The van der Waals surface area contributed by atoms with Crippen LogP contribution in [0.1, 0.15) is 35.5 Å². The van der Waals surface area contributed by atoms with Crippen molar-refractivity contribution in [2.45, 2.75) is 26.7 Å². The minimum absolute atomic E-state index is 0. The van der Waals surface area contributed by atoms with Gasteiger partial charge in [0, 0.05) is 6.54 Å². The Morgan fingerprint density at radius 2 is 2.20 bits per heavy atom. The largest absolute Gasteiger partial charge is 0.477 e. The van der Waals surface area contributed by atoms with Crippen molar-refractivity contribution in [3.05, 3.63) is 15.8 Å². The van der Waals surface area contributed by atoms with Gasteiger partial charge in [-0.15, -0.1) is 23.7 Å². The van der Waals surface area contributed by atoms with E-state index in [1.807, 2.05) is 12.3 Å². The number of thiophene rings is 1. The zero-order chi connectivity index (χ0) is 10.6. The van der Waals surface area contributed by atoms with Gasteiger partial charge >= 0.3 is 5.97 Å². The maximum Gasteiger partial charge on any atom is 0.348 e. The molecule has 1 rings (SSSR count). The molecular formula is C10H16ClNO2S. The van der Waals surface area contributed by atoms with E-state index in [1.54, 1.807) is 0 Å². The first-order valence-electron chi connectivity index (χ1n) is 4.78. The summed E-state index contributed by atoms with van der Waals surface area (Å²) in [4.78, 5) is 11.3. The van der Waals surface area contributed by atoms with Crippen molar-refractivity contribution in [1.82, 2.24) is 0 Å². The standard InChI is InChI=1S/C10H15NO2S.ClH/c1-3-5-11-8-7(4-2)6-14-9(8)10(12)13;/h6,11H,3-5H2,1-2H3,(H,12,13);1H. The number of carbonyl (C=O) groups is 1. The van der Waals surface area contributed by atoms with E-state index in [0.29, 0.717) is 4.88 Å². The molecule has 0 spiro atoms. The Hall–Kier alpha value is -0.740.